The van der Waals surface area contributed by atoms with E-state index in [9.17, 15) is 0 Å². The molecule has 1 nitrogen and oxygen atoms in total. The molecule has 4 aromatic rings. The summed E-state index contributed by atoms with van der Waals surface area (Å²) >= 11 is 5.93. The Hall–Kier alpha value is -1.33. The summed E-state index contributed by atoms with van der Waals surface area (Å²) in [5.74, 6) is 0. The van der Waals surface area contributed by atoms with E-state index in [1.807, 2.05) is 0 Å². The minimum atomic E-state index is 1.10. The lowest BCUT2D eigenvalue weighted by atomic mass is 10.2. The van der Waals surface area contributed by atoms with Crippen molar-refractivity contribution in [2.45, 2.75) is 0 Å². The zero-order chi connectivity index (χ0) is 14.4. The maximum Gasteiger partial charge on any atom is 0.0674 e. The fraction of sp³-hybridized carbons (Fsp3) is 0. The lowest BCUT2D eigenvalue weighted by Crippen LogP contribution is -1.94. The van der Waals surface area contributed by atoms with E-state index in [0.29, 0.717) is 0 Å². The van der Waals surface area contributed by atoms with Crippen LogP contribution in [-0.2, 0) is 0 Å². The molecule has 3 heteroatoms. The minimum Gasteiger partial charge on any atom is -0.308 e. The van der Waals surface area contributed by atoms with Gasteiger partial charge in [0.1, 0.15) is 0 Å². The molecule has 1 heterocycles. The van der Waals surface area contributed by atoms with Crippen LogP contribution in [-0.4, -0.2) is 4.57 Å². The maximum absolute atomic E-state index is 3.51. The van der Waals surface area contributed by atoms with Crippen molar-refractivity contribution in [2.24, 2.45) is 0 Å². The highest BCUT2D eigenvalue weighted by Gasteiger charge is 2.13. The second-order valence-electron chi connectivity index (χ2n) is 4.96. The molecule has 21 heavy (non-hydrogen) atoms. The second-order valence-corrected chi connectivity index (χ2v) is 7.04. The highest BCUT2D eigenvalue weighted by Crippen LogP contribution is 2.34. The van der Waals surface area contributed by atoms with E-state index in [1.165, 1.54) is 31.1 Å². The Kier molecular flexibility index (Phi) is 3.27. The molecule has 0 saturated heterocycles. The van der Waals surface area contributed by atoms with Crippen LogP contribution in [0, 0.1) is 3.57 Å². The third-order valence-corrected chi connectivity index (χ3v) is 5.13. The Labute approximate surface area is 144 Å². The zero-order valence-corrected chi connectivity index (χ0v) is 14.8. The van der Waals surface area contributed by atoms with Crippen LogP contribution < -0.4 is 0 Å². The van der Waals surface area contributed by atoms with Gasteiger partial charge in [0.15, 0.2) is 0 Å². The first-order valence-corrected chi connectivity index (χ1v) is 8.56. The lowest BCUT2D eigenvalue weighted by Gasteiger charge is -2.08. The van der Waals surface area contributed by atoms with Crippen molar-refractivity contribution < 1.29 is 0 Å². The van der Waals surface area contributed by atoms with Gasteiger partial charge in [-0.15, -0.1) is 0 Å². The average molecular weight is 448 g/mol. The molecule has 0 fully saturated rings. The molecule has 0 atom stereocenters. The molecule has 0 bridgehead atoms. The van der Waals surface area contributed by atoms with Crippen molar-refractivity contribution in [1.29, 1.82) is 0 Å². The SMILES string of the molecule is Brc1ccc(-n2c3ccccc3c3cccc(I)c32)cc1. The third-order valence-electron chi connectivity index (χ3n) is 3.73. The van der Waals surface area contributed by atoms with Gasteiger partial charge in [0, 0.05) is 24.5 Å². The van der Waals surface area contributed by atoms with E-state index in [1.54, 1.807) is 0 Å². The summed E-state index contributed by atoms with van der Waals surface area (Å²) in [4.78, 5) is 0. The molecule has 102 valence electrons. The van der Waals surface area contributed by atoms with Gasteiger partial charge in [-0.05, 0) is 59.0 Å². The molecule has 0 aliphatic carbocycles. The van der Waals surface area contributed by atoms with Crippen molar-refractivity contribution in [3.8, 4) is 5.69 Å². The molecule has 3 aromatic carbocycles. The van der Waals surface area contributed by atoms with Crippen molar-refractivity contribution in [3.63, 3.8) is 0 Å². The van der Waals surface area contributed by atoms with Gasteiger partial charge in [-0.3, -0.25) is 0 Å². The Morgan fingerprint density at radius 2 is 1.48 bits per heavy atom. The standard InChI is InChI=1S/C18H11BrIN/c19-12-8-10-13(11-9-12)21-17-7-2-1-4-14(17)15-5-3-6-16(20)18(15)21/h1-11H. The van der Waals surface area contributed by atoms with Crippen LogP contribution in [0.2, 0.25) is 0 Å². The molecule has 0 radical (unpaired) electrons. The van der Waals surface area contributed by atoms with E-state index in [-0.39, 0.29) is 0 Å². The van der Waals surface area contributed by atoms with Gasteiger partial charge in [0.25, 0.3) is 0 Å². The van der Waals surface area contributed by atoms with E-state index in [0.717, 1.165) is 4.47 Å². The summed E-state index contributed by atoms with van der Waals surface area (Å²) in [6, 6.07) is 23.6. The third kappa shape index (κ3) is 2.10. The van der Waals surface area contributed by atoms with Gasteiger partial charge >= 0.3 is 0 Å². The van der Waals surface area contributed by atoms with Crippen molar-refractivity contribution >= 4 is 60.3 Å². The minimum absolute atomic E-state index is 1.10. The van der Waals surface area contributed by atoms with Crippen molar-refractivity contribution in [2.75, 3.05) is 0 Å². The predicted molar refractivity (Wildman–Crippen MR) is 101 cm³/mol. The number of benzene rings is 3. The van der Waals surface area contributed by atoms with E-state index in [2.05, 4.69) is 110 Å². The summed E-state index contributed by atoms with van der Waals surface area (Å²) in [6.07, 6.45) is 0. The largest absolute Gasteiger partial charge is 0.308 e. The summed E-state index contributed by atoms with van der Waals surface area (Å²) < 4.78 is 4.71. The number of hydrogen-bond donors (Lipinski definition) is 0. The summed E-state index contributed by atoms with van der Waals surface area (Å²) in [6.45, 7) is 0. The first kappa shape index (κ1) is 13.3. The van der Waals surface area contributed by atoms with E-state index >= 15 is 0 Å². The van der Waals surface area contributed by atoms with Crippen LogP contribution in [0.1, 0.15) is 0 Å². The second kappa shape index (κ2) is 5.14. The van der Waals surface area contributed by atoms with Crippen LogP contribution in [0.5, 0.6) is 0 Å². The summed E-state index contributed by atoms with van der Waals surface area (Å²) in [5.41, 5.74) is 3.72. The topological polar surface area (TPSA) is 4.93 Å². The normalized spacial score (nSPS) is 11.3. The van der Waals surface area contributed by atoms with Gasteiger partial charge in [0.2, 0.25) is 0 Å². The summed E-state index contributed by atoms with van der Waals surface area (Å²) in [5, 5.41) is 2.61. The van der Waals surface area contributed by atoms with Crippen molar-refractivity contribution in [3.05, 3.63) is 74.8 Å². The van der Waals surface area contributed by atoms with Crippen LogP contribution in [0.3, 0.4) is 0 Å². The number of halogens is 2. The molecule has 0 N–H and O–H groups in total. The van der Waals surface area contributed by atoms with Crippen LogP contribution >= 0.6 is 38.5 Å². The first-order valence-electron chi connectivity index (χ1n) is 6.69. The first-order chi connectivity index (χ1) is 10.3. The lowest BCUT2D eigenvalue weighted by molar-refractivity contribution is 1.17. The van der Waals surface area contributed by atoms with Crippen molar-refractivity contribution in [1.82, 2.24) is 4.57 Å². The number of nitrogens with zero attached hydrogens (tertiary/aromatic N) is 1. The van der Waals surface area contributed by atoms with Gasteiger partial charge in [0.05, 0.1) is 11.0 Å². The highest BCUT2D eigenvalue weighted by molar-refractivity contribution is 14.1. The Morgan fingerprint density at radius 1 is 0.762 bits per heavy atom. The molecule has 1 aromatic heterocycles. The molecule has 4 rings (SSSR count). The monoisotopic (exact) mass is 447 g/mol. The smallest absolute Gasteiger partial charge is 0.0674 e. The molecular weight excluding hydrogens is 437 g/mol. The number of hydrogen-bond acceptors (Lipinski definition) is 0. The van der Waals surface area contributed by atoms with Gasteiger partial charge in [-0.1, -0.05) is 46.3 Å². The average Bonchev–Trinajstić information content (AvgIpc) is 2.84. The number of aromatic nitrogens is 1. The Morgan fingerprint density at radius 3 is 2.29 bits per heavy atom. The zero-order valence-electron chi connectivity index (χ0n) is 11.1. The predicted octanol–water partition coefficient (Wildman–Crippen LogP) is 6.15. The maximum atomic E-state index is 3.51. The van der Waals surface area contributed by atoms with E-state index < -0.39 is 0 Å². The number of rotatable bonds is 1. The number of para-hydroxylation sites is 2. The molecule has 0 spiro atoms. The molecular formula is C18H11BrIN. The van der Waals surface area contributed by atoms with Gasteiger partial charge in [-0.25, -0.2) is 0 Å². The van der Waals surface area contributed by atoms with Crippen LogP contribution in [0.25, 0.3) is 27.5 Å². The molecule has 0 saturated carbocycles. The molecule has 0 amide bonds. The quantitative estimate of drug-likeness (QED) is 0.308. The Balaban J connectivity index is 2.21. The van der Waals surface area contributed by atoms with Gasteiger partial charge in [-0.2, -0.15) is 0 Å². The fourth-order valence-electron chi connectivity index (χ4n) is 2.84. The Bertz CT molecular complexity index is 954. The highest BCUT2D eigenvalue weighted by atomic mass is 127. The molecule has 0 unspecified atom stereocenters. The van der Waals surface area contributed by atoms with Crippen LogP contribution in [0.4, 0.5) is 0 Å². The molecule has 0 aliphatic heterocycles. The fourth-order valence-corrected chi connectivity index (χ4v) is 3.84. The van der Waals surface area contributed by atoms with Gasteiger partial charge < -0.3 is 4.57 Å². The van der Waals surface area contributed by atoms with E-state index in [4.69, 9.17) is 0 Å². The molecule has 0 aliphatic rings. The van der Waals surface area contributed by atoms with Crippen LogP contribution in [0.15, 0.2) is 71.2 Å². The summed E-state index contributed by atoms with van der Waals surface area (Å²) in [7, 11) is 0. The number of fused-ring (bicyclic) bond motifs is 3.